The minimum absolute atomic E-state index is 0.0817. The Balaban J connectivity index is 1.46. The summed E-state index contributed by atoms with van der Waals surface area (Å²) in [7, 11) is 0. The summed E-state index contributed by atoms with van der Waals surface area (Å²) in [4.78, 5) is 19.1. The second-order valence-electron chi connectivity index (χ2n) is 9.38. The van der Waals surface area contributed by atoms with Crippen molar-refractivity contribution in [2.45, 2.75) is 57.6 Å². The van der Waals surface area contributed by atoms with Crippen LogP contribution in [-0.4, -0.2) is 49.0 Å². The first-order chi connectivity index (χ1) is 14.8. The van der Waals surface area contributed by atoms with E-state index in [-0.39, 0.29) is 12.1 Å². The van der Waals surface area contributed by atoms with Crippen LogP contribution >= 0.6 is 0 Å². The number of hydrogen-bond acceptors (Lipinski definition) is 6. The molecule has 2 saturated heterocycles. The molecule has 1 aromatic carbocycles. The van der Waals surface area contributed by atoms with Crippen molar-refractivity contribution in [2.24, 2.45) is 0 Å². The molecular weight excluding hydrogens is 392 g/mol. The zero-order valence-corrected chi connectivity index (χ0v) is 18.5. The van der Waals surface area contributed by atoms with E-state index in [1.54, 1.807) is 0 Å². The van der Waals surface area contributed by atoms with Gasteiger partial charge in [-0.15, -0.1) is 0 Å². The van der Waals surface area contributed by atoms with E-state index in [0.29, 0.717) is 11.5 Å². The third-order valence-corrected chi connectivity index (χ3v) is 5.88. The van der Waals surface area contributed by atoms with Crippen molar-refractivity contribution in [2.75, 3.05) is 31.2 Å². The van der Waals surface area contributed by atoms with Gasteiger partial charge in [0.05, 0.1) is 23.8 Å². The Kier molecular flexibility index (Phi) is 6.01. The molecule has 0 spiro atoms. The van der Waals surface area contributed by atoms with Crippen molar-refractivity contribution in [3.63, 3.8) is 0 Å². The molecule has 1 amide bonds. The molecule has 1 N–H and O–H groups in total. The average Bonchev–Trinajstić information content (AvgIpc) is 3.26. The number of hydrogen-bond donors (Lipinski definition) is 1. The number of rotatable bonds is 3. The summed E-state index contributed by atoms with van der Waals surface area (Å²) in [5.41, 5.74) is 2.20. The van der Waals surface area contributed by atoms with Gasteiger partial charge in [0.25, 0.3) is 0 Å². The summed E-state index contributed by atoms with van der Waals surface area (Å²) >= 11 is 0. The lowest BCUT2D eigenvalue weighted by Crippen LogP contribution is -2.46. The van der Waals surface area contributed by atoms with Gasteiger partial charge in [0.2, 0.25) is 0 Å². The van der Waals surface area contributed by atoms with Gasteiger partial charge in [-0.25, -0.2) is 9.78 Å². The number of piperidine rings is 1. The SMILES string of the molecule is CC(C)(C)OC(=O)NC1CCN(c2cc(C#N)c3cc(C4CCOC4)ccc3n2)CC1. The normalized spacial score (nSPS) is 19.9. The summed E-state index contributed by atoms with van der Waals surface area (Å²) in [5, 5.41) is 13.6. The molecule has 7 heteroatoms. The molecule has 31 heavy (non-hydrogen) atoms. The fraction of sp³-hybridized carbons (Fsp3) is 0.542. The highest BCUT2D eigenvalue weighted by Gasteiger charge is 2.25. The van der Waals surface area contributed by atoms with Gasteiger partial charge in [0.15, 0.2) is 0 Å². The standard InChI is InChI=1S/C24H30N4O3/c1-24(2,3)31-23(29)26-19-6-9-28(10-7-19)22-13-18(14-25)20-12-16(4-5-21(20)27-22)17-8-11-30-15-17/h4-5,12-13,17,19H,6-11,15H2,1-3H3,(H,26,29). The van der Waals surface area contributed by atoms with Crippen LogP contribution < -0.4 is 10.2 Å². The minimum Gasteiger partial charge on any atom is -0.444 e. The first-order valence-corrected chi connectivity index (χ1v) is 11.0. The van der Waals surface area contributed by atoms with E-state index in [9.17, 15) is 10.1 Å². The summed E-state index contributed by atoms with van der Waals surface area (Å²) in [5.74, 6) is 1.21. The number of anilines is 1. The maximum absolute atomic E-state index is 12.0. The lowest BCUT2D eigenvalue weighted by atomic mass is 9.95. The van der Waals surface area contributed by atoms with E-state index in [2.05, 4.69) is 28.4 Å². The van der Waals surface area contributed by atoms with Gasteiger partial charge in [0, 0.05) is 37.0 Å². The number of benzene rings is 1. The molecule has 2 aromatic rings. The molecule has 4 rings (SSSR count). The van der Waals surface area contributed by atoms with Gasteiger partial charge in [-0.3, -0.25) is 0 Å². The molecule has 1 unspecified atom stereocenters. The van der Waals surface area contributed by atoms with Crippen LogP contribution in [0.15, 0.2) is 24.3 Å². The number of nitrogens with one attached hydrogen (secondary N) is 1. The number of aromatic nitrogens is 1. The van der Waals surface area contributed by atoms with E-state index in [1.807, 2.05) is 32.9 Å². The summed E-state index contributed by atoms with van der Waals surface area (Å²) in [6.45, 7) is 8.64. The van der Waals surface area contributed by atoms with Crippen LogP contribution in [0.2, 0.25) is 0 Å². The second kappa shape index (κ2) is 8.72. The summed E-state index contributed by atoms with van der Waals surface area (Å²) in [6.07, 6.45) is 2.26. The van der Waals surface area contributed by atoms with Crippen LogP contribution in [0, 0.1) is 11.3 Å². The fourth-order valence-corrected chi connectivity index (χ4v) is 4.26. The number of nitrogens with zero attached hydrogens (tertiary/aromatic N) is 3. The van der Waals surface area contributed by atoms with Crippen molar-refractivity contribution in [3.05, 3.63) is 35.4 Å². The second-order valence-corrected chi connectivity index (χ2v) is 9.38. The molecular formula is C24H30N4O3. The highest BCUT2D eigenvalue weighted by Crippen LogP contribution is 2.30. The third-order valence-electron chi connectivity index (χ3n) is 5.88. The average molecular weight is 423 g/mol. The van der Waals surface area contributed by atoms with Crippen molar-refractivity contribution in [3.8, 4) is 6.07 Å². The highest BCUT2D eigenvalue weighted by molar-refractivity contribution is 5.87. The van der Waals surface area contributed by atoms with Crippen LogP contribution in [0.3, 0.4) is 0 Å². The zero-order chi connectivity index (χ0) is 22.0. The molecule has 1 atom stereocenters. The number of nitriles is 1. The number of amides is 1. The van der Waals surface area contributed by atoms with Crippen molar-refractivity contribution < 1.29 is 14.3 Å². The minimum atomic E-state index is -0.502. The first kappa shape index (κ1) is 21.4. The van der Waals surface area contributed by atoms with E-state index in [1.165, 1.54) is 5.56 Å². The van der Waals surface area contributed by atoms with Gasteiger partial charge in [0.1, 0.15) is 11.4 Å². The summed E-state index contributed by atoms with van der Waals surface area (Å²) < 4.78 is 10.9. The van der Waals surface area contributed by atoms with Crippen molar-refractivity contribution in [1.29, 1.82) is 5.26 Å². The fourth-order valence-electron chi connectivity index (χ4n) is 4.26. The molecule has 0 bridgehead atoms. The number of carbonyl (C=O) groups excluding carboxylic acids is 1. The Bertz CT molecular complexity index is 994. The number of carbonyl (C=O) groups is 1. The topological polar surface area (TPSA) is 87.5 Å². The Hall–Kier alpha value is -2.85. The van der Waals surface area contributed by atoms with Gasteiger partial charge < -0.3 is 19.7 Å². The van der Waals surface area contributed by atoms with Gasteiger partial charge in [-0.2, -0.15) is 5.26 Å². The van der Waals surface area contributed by atoms with Gasteiger partial charge >= 0.3 is 6.09 Å². The summed E-state index contributed by atoms with van der Waals surface area (Å²) in [6, 6.07) is 10.5. The maximum atomic E-state index is 12.0. The van der Waals surface area contributed by atoms with Crippen LogP contribution in [0.25, 0.3) is 10.9 Å². The van der Waals surface area contributed by atoms with E-state index >= 15 is 0 Å². The Labute approximate surface area is 183 Å². The number of fused-ring (bicyclic) bond motifs is 1. The van der Waals surface area contributed by atoms with Crippen LogP contribution in [0.4, 0.5) is 10.6 Å². The number of alkyl carbamates (subject to hydrolysis) is 1. The lowest BCUT2D eigenvalue weighted by molar-refractivity contribution is 0.0497. The molecule has 164 valence electrons. The first-order valence-electron chi connectivity index (χ1n) is 11.0. The quantitative estimate of drug-likeness (QED) is 0.801. The van der Waals surface area contributed by atoms with Crippen LogP contribution in [0.5, 0.6) is 0 Å². The highest BCUT2D eigenvalue weighted by atomic mass is 16.6. The molecule has 2 fully saturated rings. The van der Waals surface area contributed by atoms with Crippen LogP contribution in [0.1, 0.15) is 57.1 Å². The Morgan fingerprint density at radius 2 is 2.03 bits per heavy atom. The lowest BCUT2D eigenvalue weighted by Gasteiger charge is -2.33. The molecule has 7 nitrogen and oxygen atoms in total. The van der Waals surface area contributed by atoms with Gasteiger partial charge in [-0.05, 0) is 63.8 Å². The molecule has 3 heterocycles. The van der Waals surface area contributed by atoms with Crippen LogP contribution in [-0.2, 0) is 9.47 Å². The maximum Gasteiger partial charge on any atom is 0.407 e. The van der Waals surface area contributed by atoms with Crippen molar-refractivity contribution >= 4 is 22.8 Å². The predicted molar refractivity (Wildman–Crippen MR) is 119 cm³/mol. The third kappa shape index (κ3) is 5.08. The molecule has 0 aliphatic carbocycles. The monoisotopic (exact) mass is 422 g/mol. The van der Waals surface area contributed by atoms with Crippen molar-refractivity contribution in [1.82, 2.24) is 10.3 Å². The molecule has 0 saturated carbocycles. The Morgan fingerprint density at radius 1 is 1.26 bits per heavy atom. The molecule has 0 radical (unpaired) electrons. The van der Waals surface area contributed by atoms with E-state index in [0.717, 1.165) is 62.3 Å². The predicted octanol–water partition coefficient (Wildman–Crippen LogP) is 4.10. The van der Waals surface area contributed by atoms with E-state index in [4.69, 9.17) is 14.5 Å². The number of ether oxygens (including phenoxy) is 2. The zero-order valence-electron chi connectivity index (χ0n) is 18.5. The molecule has 1 aromatic heterocycles. The Morgan fingerprint density at radius 3 is 2.68 bits per heavy atom. The van der Waals surface area contributed by atoms with E-state index < -0.39 is 5.60 Å². The molecule has 2 aliphatic heterocycles. The smallest absolute Gasteiger partial charge is 0.407 e. The molecule has 2 aliphatic rings. The number of pyridine rings is 1. The largest absolute Gasteiger partial charge is 0.444 e. The van der Waals surface area contributed by atoms with Gasteiger partial charge in [-0.1, -0.05) is 6.07 Å².